The van der Waals surface area contributed by atoms with E-state index in [4.69, 9.17) is 3.80 Å². The van der Waals surface area contributed by atoms with Gasteiger partial charge in [0.2, 0.25) is 0 Å². The van der Waals surface area contributed by atoms with Gasteiger partial charge < -0.3 is 9.53 Å². The molecule has 1 radical (unpaired) electrons. The third kappa shape index (κ3) is 12.5. The van der Waals surface area contributed by atoms with Crippen LogP contribution in [0.25, 0.3) is 0 Å². The summed E-state index contributed by atoms with van der Waals surface area (Å²) in [6.45, 7) is 3.30. The summed E-state index contributed by atoms with van der Waals surface area (Å²) in [5.41, 5.74) is 0. The molecule has 0 aromatic carbocycles. The fourth-order valence-corrected chi connectivity index (χ4v) is 0.350. The first-order valence-corrected chi connectivity index (χ1v) is 3.39. The molecule has 61 valence electrons. The van der Waals surface area contributed by atoms with E-state index in [2.05, 4.69) is 4.74 Å². The van der Waals surface area contributed by atoms with Crippen LogP contribution in [0, 0.1) is 6.42 Å². The normalized spacial score (nSPS) is 7.00. The molecule has 0 saturated heterocycles. The Kier molecular flexibility index (Phi) is 11.0. The molecule has 0 atom stereocenters. The summed E-state index contributed by atoms with van der Waals surface area (Å²) in [5, 5.41) is 0. The van der Waals surface area contributed by atoms with E-state index in [-0.39, 0.29) is 5.78 Å². The fraction of sp³-hybridized carbons (Fsp3) is 0.500. The van der Waals surface area contributed by atoms with Crippen molar-refractivity contribution < 1.29 is 18.1 Å². The molecule has 0 aliphatic heterocycles. The predicted octanol–water partition coefficient (Wildman–Crippen LogP) is -0.157. The van der Waals surface area contributed by atoms with Crippen LogP contribution in [0.2, 0.25) is 0 Å². The first kappa shape index (κ1) is 13.0. The van der Waals surface area contributed by atoms with Gasteiger partial charge in [-0.3, -0.25) is 4.79 Å². The van der Waals surface area contributed by atoms with Gasteiger partial charge in [-0.2, -0.15) is 0 Å². The summed E-state index contributed by atoms with van der Waals surface area (Å²) in [7, 11) is 0. The van der Waals surface area contributed by atoms with Crippen molar-refractivity contribution in [3.8, 4) is 0 Å². The monoisotopic (exact) mass is 172 g/mol. The number of hydrogen-bond acceptors (Lipinski definition) is 4. The number of ketones is 1. The zero-order valence-electron chi connectivity index (χ0n) is 6.49. The molecule has 0 N–H and O–H groups in total. The summed E-state index contributed by atoms with van der Waals surface area (Å²) >= 11 is 1.17. The molecule has 5 heteroatoms. The first-order chi connectivity index (χ1) is 5.16. The second-order valence-corrected chi connectivity index (χ2v) is 1.51. The Morgan fingerprint density at radius 2 is 1.91 bits per heavy atom. The molecule has 0 amide bonds. The molecule has 0 bridgehead atoms. The van der Waals surface area contributed by atoms with E-state index in [1.54, 1.807) is 6.92 Å². The standard InChI is InChI=1S/C6H9O3.Al.O/c1-3-9-6(8)4-5(2)7;;/h4H,3H2,1-2H3;;/q-1;;. The van der Waals surface area contributed by atoms with Crippen LogP contribution >= 0.6 is 0 Å². The zero-order valence-corrected chi connectivity index (χ0v) is 7.65. The van der Waals surface area contributed by atoms with E-state index in [0.717, 1.165) is 6.42 Å². The number of Topliss-reactive ketones (excluding diaryl/α,β-unsaturated/α-hetero) is 1. The minimum atomic E-state index is -0.565. The third-order valence-corrected chi connectivity index (χ3v) is 0.608. The molecule has 0 aromatic rings. The number of carbonyl (C=O) groups excluding carboxylic acids is 2. The van der Waals surface area contributed by atoms with E-state index in [1.807, 2.05) is 0 Å². The van der Waals surface area contributed by atoms with E-state index in [9.17, 15) is 9.59 Å². The van der Waals surface area contributed by atoms with Gasteiger partial charge >= 0.3 is 20.0 Å². The molecule has 0 unspecified atom stereocenters. The maximum absolute atomic E-state index is 10.4. The van der Waals surface area contributed by atoms with Crippen LogP contribution in [0.3, 0.4) is 0 Å². The van der Waals surface area contributed by atoms with Crippen LogP contribution in [-0.2, 0) is 18.1 Å². The summed E-state index contributed by atoms with van der Waals surface area (Å²) in [6.07, 6.45) is 0.920. The van der Waals surface area contributed by atoms with E-state index < -0.39 is 5.97 Å². The molecule has 0 fully saturated rings. The van der Waals surface area contributed by atoms with Gasteiger partial charge in [0.05, 0.1) is 6.61 Å². The van der Waals surface area contributed by atoms with Gasteiger partial charge in [0.15, 0.2) is 5.97 Å². The van der Waals surface area contributed by atoms with Crippen LogP contribution in [0.15, 0.2) is 0 Å². The molecule has 0 heterocycles. The summed E-state index contributed by atoms with van der Waals surface area (Å²) in [5.74, 6) is -0.849. The Hall–Kier alpha value is -0.658. The van der Waals surface area contributed by atoms with Gasteiger partial charge in [0, 0.05) is 5.78 Å². The summed E-state index contributed by atoms with van der Waals surface area (Å²) < 4.78 is 12.6. The zero-order chi connectivity index (χ0) is 9.28. The predicted molar refractivity (Wildman–Crippen MR) is 38.1 cm³/mol. The number of esters is 1. The van der Waals surface area contributed by atoms with Crippen LogP contribution in [0.4, 0.5) is 0 Å². The van der Waals surface area contributed by atoms with Crippen molar-refractivity contribution in [2.45, 2.75) is 13.8 Å². The van der Waals surface area contributed by atoms with Crippen molar-refractivity contribution in [1.29, 1.82) is 0 Å². The minimum absolute atomic E-state index is 0.284. The van der Waals surface area contributed by atoms with Crippen molar-refractivity contribution in [2.75, 3.05) is 6.61 Å². The molecule has 11 heavy (non-hydrogen) atoms. The first-order valence-electron chi connectivity index (χ1n) is 2.92. The topological polar surface area (TPSA) is 60.4 Å². The van der Waals surface area contributed by atoms with Gasteiger partial charge in [0.25, 0.3) is 0 Å². The van der Waals surface area contributed by atoms with Crippen molar-refractivity contribution >= 4 is 28.0 Å². The number of ether oxygens (including phenoxy) is 1. The Bertz CT molecular complexity index is 135. The molecule has 0 aliphatic carbocycles. The van der Waals surface area contributed by atoms with Crippen molar-refractivity contribution in [3.63, 3.8) is 0 Å². The SMILES string of the molecule is CCOC(=O)[CH-]C(C)=O.[O]=[Al]. The summed E-state index contributed by atoms with van der Waals surface area (Å²) in [4.78, 5) is 20.5. The number of carbonyl (C=O) groups is 2. The van der Waals surface area contributed by atoms with Crippen LogP contribution in [0.5, 0.6) is 0 Å². The molecule has 0 saturated carbocycles. The second-order valence-electron chi connectivity index (χ2n) is 1.51. The van der Waals surface area contributed by atoms with Crippen molar-refractivity contribution in [1.82, 2.24) is 0 Å². The van der Waals surface area contributed by atoms with E-state index in [1.165, 1.54) is 23.1 Å². The number of rotatable bonds is 3. The molecule has 0 aromatic heterocycles. The molecule has 0 spiro atoms. The fourth-order valence-electron chi connectivity index (χ4n) is 0.350. The number of hydrogen-bond donors (Lipinski definition) is 0. The van der Waals surface area contributed by atoms with Crippen LogP contribution < -0.4 is 0 Å². The van der Waals surface area contributed by atoms with Crippen LogP contribution in [-0.4, -0.2) is 34.6 Å². The van der Waals surface area contributed by atoms with Crippen LogP contribution in [0.1, 0.15) is 13.8 Å². The van der Waals surface area contributed by atoms with E-state index >= 15 is 0 Å². The second kappa shape index (κ2) is 9.34. The van der Waals surface area contributed by atoms with Gasteiger partial charge in [-0.15, -0.1) is 0 Å². The Morgan fingerprint density at radius 1 is 1.45 bits per heavy atom. The van der Waals surface area contributed by atoms with E-state index in [0.29, 0.717) is 6.61 Å². The molecule has 4 nitrogen and oxygen atoms in total. The van der Waals surface area contributed by atoms with Gasteiger partial charge in [0.1, 0.15) is 0 Å². The van der Waals surface area contributed by atoms with Gasteiger partial charge in [-0.1, -0.05) is 0 Å². The molecule has 0 aliphatic rings. The third-order valence-electron chi connectivity index (χ3n) is 0.608. The molecular formula is C6H9AlO4-. The van der Waals surface area contributed by atoms with Gasteiger partial charge in [-0.05, 0) is 13.8 Å². The van der Waals surface area contributed by atoms with Crippen molar-refractivity contribution in [2.24, 2.45) is 0 Å². The Balaban J connectivity index is 0. The Labute approximate surface area is 73.5 Å². The Morgan fingerprint density at radius 3 is 2.18 bits per heavy atom. The molecular weight excluding hydrogens is 163 g/mol. The van der Waals surface area contributed by atoms with Crippen molar-refractivity contribution in [3.05, 3.63) is 6.42 Å². The average Bonchev–Trinajstić information content (AvgIpc) is 1.91. The average molecular weight is 172 g/mol. The quantitative estimate of drug-likeness (QED) is 0.257. The maximum atomic E-state index is 10.4. The summed E-state index contributed by atoms with van der Waals surface area (Å²) in [6, 6.07) is 0. The van der Waals surface area contributed by atoms with Gasteiger partial charge in [-0.25, -0.2) is 6.42 Å². The molecule has 0 rings (SSSR count).